The number of fused-ring (bicyclic) bond motifs is 1. The van der Waals surface area contributed by atoms with E-state index in [-0.39, 0.29) is 16.0 Å². The molecule has 0 fully saturated rings. The average Bonchev–Trinajstić information content (AvgIpc) is 3.02. The number of rotatable bonds is 4. The molecule has 0 saturated heterocycles. The third-order valence-corrected chi connectivity index (χ3v) is 6.85. The Morgan fingerprint density at radius 2 is 1.85 bits per heavy atom. The number of hydrogen-bond acceptors (Lipinski definition) is 7. The molecule has 136 valence electrons. The number of esters is 1. The molecule has 0 aliphatic carbocycles. The van der Waals surface area contributed by atoms with Crippen molar-refractivity contribution in [2.24, 2.45) is 0 Å². The van der Waals surface area contributed by atoms with E-state index in [1.807, 2.05) is 6.92 Å². The summed E-state index contributed by atoms with van der Waals surface area (Å²) >= 11 is 1.09. The number of nitrogens with zero attached hydrogens (tertiary/aromatic N) is 1. The summed E-state index contributed by atoms with van der Waals surface area (Å²) in [5.74, 6) is -0.809. The van der Waals surface area contributed by atoms with Gasteiger partial charge in [-0.05, 0) is 25.1 Å². The van der Waals surface area contributed by atoms with E-state index in [1.54, 1.807) is 12.1 Å². The Morgan fingerprint density at radius 1 is 1.19 bits per heavy atom. The van der Waals surface area contributed by atoms with E-state index in [9.17, 15) is 18.0 Å². The van der Waals surface area contributed by atoms with E-state index in [0.717, 1.165) is 28.3 Å². The van der Waals surface area contributed by atoms with Crippen molar-refractivity contribution in [2.45, 2.75) is 11.8 Å². The summed E-state index contributed by atoms with van der Waals surface area (Å²) in [7, 11) is -1.19. The van der Waals surface area contributed by atoms with Crippen molar-refractivity contribution >= 4 is 42.6 Å². The van der Waals surface area contributed by atoms with Crippen LogP contribution in [0.2, 0.25) is 0 Å². The topological polar surface area (TPSA) is 93.9 Å². The van der Waals surface area contributed by atoms with E-state index in [4.69, 9.17) is 4.42 Å². The smallest absolute Gasteiger partial charge is 0.351 e. The first-order chi connectivity index (χ1) is 12.2. The second kappa shape index (κ2) is 6.58. The monoisotopic (exact) mass is 393 g/mol. The lowest BCUT2D eigenvalue weighted by atomic mass is 10.2. The first-order valence-corrected chi connectivity index (χ1v) is 9.71. The lowest BCUT2D eigenvalue weighted by Crippen LogP contribution is -2.25. The number of aryl methyl sites for hydroxylation is 1. The van der Waals surface area contributed by atoms with E-state index < -0.39 is 21.6 Å². The van der Waals surface area contributed by atoms with Crippen molar-refractivity contribution in [3.63, 3.8) is 0 Å². The summed E-state index contributed by atoms with van der Waals surface area (Å²) in [6, 6.07) is 9.29. The maximum atomic E-state index is 12.8. The number of carbonyl (C=O) groups excluding carboxylic acids is 1. The van der Waals surface area contributed by atoms with Crippen molar-refractivity contribution in [1.82, 2.24) is 0 Å². The predicted octanol–water partition coefficient (Wildman–Crippen LogP) is 2.77. The summed E-state index contributed by atoms with van der Waals surface area (Å²) in [5, 5.41) is 0.353. The van der Waals surface area contributed by atoms with Crippen molar-refractivity contribution < 1.29 is 22.4 Å². The number of methoxy groups -OCH3 is 1. The van der Waals surface area contributed by atoms with Gasteiger partial charge in [-0.25, -0.2) is 18.0 Å². The highest BCUT2D eigenvalue weighted by Gasteiger charge is 2.24. The van der Waals surface area contributed by atoms with Crippen LogP contribution in [0.1, 0.15) is 15.9 Å². The van der Waals surface area contributed by atoms with Crippen LogP contribution >= 0.6 is 11.3 Å². The first kappa shape index (κ1) is 18.2. The summed E-state index contributed by atoms with van der Waals surface area (Å²) in [5.41, 5.74) is 0.0781. The van der Waals surface area contributed by atoms with Crippen LogP contribution in [0, 0.1) is 6.92 Å². The Balaban J connectivity index is 2.06. The number of thiophene rings is 1. The van der Waals surface area contributed by atoms with Crippen LogP contribution in [0.3, 0.4) is 0 Å². The minimum Gasteiger partial charge on any atom is -0.465 e. The van der Waals surface area contributed by atoms with Gasteiger partial charge in [-0.15, -0.1) is 11.3 Å². The van der Waals surface area contributed by atoms with Crippen LogP contribution in [0.5, 0.6) is 0 Å². The van der Waals surface area contributed by atoms with Crippen LogP contribution in [0.4, 0.5) is 5.00 Å². The maximum absolute atomic E-state index is 12.8. The minimum atomic E-state index is -3.77. The van der Waals surface area contributed by atoms with Gasteiger partial charge in [0.1, 0.15) is 10.6 Å². The zero-order chi connectivity index (χ0) is 19.1. The molecule has 3 rings (SSSR count). The lowest BCUT2D eigenvalue weighted by molar-refractivity contribution is 0.0596. The molecule has 26 heavy (non-hydrogen) atoms. The Morgan fingerprint density at radius 3 is 2.46 bits per heavy atom. The van der Waals surface area contributed by atoms with Crippen molar-refractivity contribution in [3.8, 4) is 0 Å². The molecule has 0 aliphatic rings. The maximum Gasteiger partial charge on any atom is 0.351 e. The molecule has 7 nitrogen and oxygen atoms in total. The molecular formula is C17H15NO6S2. The van der Waals surface area contributed by atoms with Gasteiger partial charge in [0, 0.05) is 13.1 Å². The van der Waals surface area contributed by atoms with Crippen molar-refractivity contribution in [2.75, 3.05) is 18.5 Å². The molecule has 0 bridgehead atoms. The zero-order valence-corrected chi connectivity index (χ0v) is 15.8. The minimum absolute atomic E-state index is 0.153. The molecule has 0 spiro atoms. The van der Waals surface area contributed by atoms with E-state index in [0.29, 0.717) is 9.70 Å². The number of benzene rings is 1. The average molecular weight is 393 g/mol. The van der Waals surface area contributed by atoms with Crippen molar-refractivity contribution in [1.29, 1.82) is 0 Å². The van der Waals surface area contributed by atoms with E-state index in [2.05, 4.69) is 4.74 Å². The molecule has 0 radical (unpaired) electrons. The van der Waals surface area contributed by atoms with Gasteiger partial charge in [-0.3, -0.25) is 4.31 Å². The molecule has 3 aromatic rings. The molecule has 0 N–H and O–H groups in total. The summed E-state index contributed by atoms with van der Waals surface area (Å²) in [4.78, 5) is 23.6. The molecule has 2 heterocycles. The zero-order valence-electron chi connectivity index (χ0n) is 14.2. The second-order valence-electron chi connectivity index (χ2n) is 5.54. The second-order valence-corrected chi connectivity index (χ2v) is 8.57. The molecule has 0 amide bonds. The fraction of sp³-hybridized carbons (Fsp3) is 0.176. The molecule has 0 saturated carbocycles. The molecule has 1 aromatic carbocycles. The Bertz CT molecular complexity index is 1140. The van der Waals surface area contributed by atoms with E-state index >= 15 is 0 Å². The third-order valence-electron chi connectivity index (χ3n) is 3.80. The first-order valence-electron chi connectivity index (χ1n) is 7.45. The lowest BCUT2D eigenvalue weighted by Gasteiger charge is -2.17. The molecular weight excluding hydrogens is 378 g/mol. The Kier molecular flexibility index (Phi) is 4.59. The van der Waals surface area contributed by atoms with Gasteiger partial charge < -0.3 is 9.15 Å². The van der Waals surface area contributed by atoms with Crippen LogP contribution in [0.25, 0.3) is 10.3 Å². The third kappa shape index (κ3) is 3.11. The normalized spacial score (nSPS) is 11.5. The number of anilines is 1. The Labute approximate surface area is 153 Å². The van der Waals surface area contributed by atoms with Gasteiger partial charge in [-0.2, -0.15) is 0 Å². The highest BCUT2D eigenvalue weighted by molar-refractivity contribution is 7.93. The van der Waals surface area contributed by atoms with Crippen LogP contribution < -0.4 is 9.93 Å². The van der Waals surface area contributed by atoms with Crippen molar-refractivity contribution in [3.05, 3.63) is 57.9 Å². The SMILES string of the molecule is COC(=O)c1cc2sc(N(C)S(=O)(=O)c3ccc(C)cc3)cc2oc1=O. The fourth-order valence-corrected chi connectivity index (χ4v) is 4.68. The van der Waals surface area contributed by atoms with Gasteiger partial charge >= 0.3 is 11.6 Å². The van der Waals surface area contributed by atoms with Gasteiger partial charge in [0.15, 0.2) is 5.58 Å². The van der Waals surface area contributed by atoms with Crippen LogP contribution in [0.15, 0.2) is 50.5 Å². The molecule has 0 aliphatic heterocycles. The number of carbonyl (C=O) groups is 1. The summed E-state index contributed by atoms with van der Waals surface area (Å²) < 4.78 is 36.8. The highest BCUT2D eigenvalue weighted by atomic mass is 32.2. The summed E-state index contributed by atoms with van der Waals surface area (Å²) in [6.45, 7) is 1.87. The quantitative estimate of drug-likeness (QED) is 0.633. The van der Waals surface area contributed by atoms with Crippen LogP contribution in [-0.2, 0) is 14.8 Å². The van der Waals surface area contributed by atoms with Crippen LogP contribution in [-0.4, -0.2) is 28.5 Å². The Hall–Kier alpha value is -2.65. The number of sulfonamides is 1. The molecule has 2 aromatic heterocycles. The van der Waals surface area contributed by atoms with Gasteiger partial charge in [0.2, 0.25) is 0 Å². The molecule has 0 atom stereocenters. The van der Waals surface area contributed by atoms with Gasteiger partial charge in [-0.1, -0.05) is 17.7 Å². The molecule has 0 unspecified atom stereocenters. The highest BCUT2D eigenvalue weighted by Crippen LogP contribution is 2.34. The van der Waals surface area contributed by atoms with Gasteiger partial charge in [0.25, 0.3) is 10.0 Å². The number of hydrogen-bond donors (Lipinski definition) is 0. The van der Waals surface area contributed by atoms with Gasteiger partial charge in [0.05, 0.1) is 16.7 Å². The largest absolute Gasteiger partial charge is 0.465 e. The fourth-order valence-electron chi connectivity index (χ4n) is 2.30. The van der Waals surface area contributed by atoms with E-state index in [1.165, 1.54) is 31.3 Å². The number of ether oxygens (including phenoxy) is 1. The molecule has 9 heteroatoms. The summed E-state index contributed by atoms with van der Waals surface area (Å²) in [6.07, 6.45) is 0. The predicted molar refractivity (Wildman–Crippen MR) is 98.5 cm³/mol. The standard InChI is InChI=1S/C17H15NO6S2/c1-10-4-6-11(7-5-10)26(21,22)18(2)15-9-13-14(25-15)8-12(16(19)23-3)17(20)24-13/h4-9H,1-3H3.